The van der Waals surface area contributed by atoms with E-state index in [1.165, 1.54) is 19.2 Å². The molecule has 1 fully saturated rings. The van der Waals surface area contributed by atoms with E-state index in [2.05, 4.69) is 15.3 Å². The quantitative estimate of drug-likeness (QED) is 0.436. The number of nitrogens with zero attached hydrogens (tertiary/aromatic N) is 4. The first-order chi connectivity index (χ1) is 16.6. The van der Waals surface area contributed by atoms with E-state index in [1.807, 2.05) is 48.0 Å². The van der Waals surface area contributed by atoms with Crippen molar-refractivity contribution in [3.8, 4) is 17.0 Å². The third-order valence-electron chi connectivity index (χ3n) is 6.57. The van der Waals surface area contributed by atoms with Crippen LogP contribution in [0.4, 0.5) is 5.82 Å². The Morgan fingerprint density at radius 1 is 1.12 bits per heavy atom. The van der Waals surface area contributed by atoms with Crippen LogP contribution in [0.15, 0.2) is 54.9 Å². The molecule has 1 atom stereocenters. The molecule has 8 heteroatoms. The number of rotatable bonds is 6. The third-order valence-corrected chi connectivity index (χ3v) is 6.57. The number of methoxy groups -OCH3 is 1. The van der Waals surface area contributed by atoms with E-state index in [-0.39, 0.29) is 11.9 Å². The van der Waals surface area contributed by atoms with E-state index in [9.17, 15) is 4.79 Å². The normalized spacial score (nSPS) is 14.9. The highest BCUT2D eigenvalue weighted by Gasteiger charge is 2.24. The highest BCUT2D eigenvalue weighted by Crippen LogP contribution is 2.36. The van der Waals surface area contributed by atoms with E-state index >= 15 is 0 Å². The highest BCUT2D eigenvalue weighted by atomic mass is 16.5. The van der Waals surface area contributed by atoms with Gasteiger partial charge in [0, 0.05) is 5.56 Å². The number of carbonyl (C=O) groups excluding carboxylic acids is 1. The van der Waals surface area contributed by atoms with Crippen molar-refractivity contribution < 1.29 is 9.53 Å². The minimum absolute atomic E-state index is 0.180. The number of carbonyl (C=O) groups is 1. The molecular weight excluding hydrogens is 428 g/mol. The number of benzene rings is 2. The molecule has 0 spiro atoms. The zero-order valence-electron chi connectivity index (χ0n) is 19.4. The number of hydrogen-bond acceptors (Lipinski definition) is 6. The Morgan fingerprint density at radius 3 is 2.59 bits per heavy atom. The molecule has 1 amide bonds. The molecule has 1 aliphatic carbocycles. The fourth-order valence-corrected chi connectivity index (χ4v) is 4.72. The first-order valence-corrected chi connectivity index (χ1v) is 11.6. The van der Waals surface area contributed by atoms with Gasteiger partial charge in [-0.3, -0.25) is 4.79 Å². The van der Waals surface area contributed by atoms with Crippen LogP contribution in [0.25, 0.3) is 22.3 Å². The molecule has 1 aliphatic rings. The maximum Gasteiger partial charge on any atom is 0.255 e. The minimum Gasteiger partial charge on any atom is -0.496 e. The zero-order chi connectivity index (χ0) is 23.7. The zero-order valence-corrected chi connectivity index (χ0v) is 19.4. The second kappa shape index (κ2) is 9.13. The fourth-order valence-electron chi connectivity index (χ4n) is 4.72. The van der Waals surface area contributed by atoms with Gasteiger partial charge in [-0.05, 0) is 37.5 Å². The van der Waals surface area contributed by atoms with Crippen LogP contribution in [-0.4, -0.2) is 32.8 Å². The van der Waals surface area contributed by atoms with Crippen LogP contribution < -0.4 is 15.8 Å². The first-order valence-electron chi connectivity index (χ1n) is 11.6. The summed E-state index contributed by atoms with van der Waals surface area (Å²) >= 11 is 0. The van der Waals surface area contributed by atoms with Gasteiger partial charge in [0.05, 0.1) is 30.1 Å². The Kier molecular flexibility index (Phi) is 5.88. The summed E-state index contributed by atoms with van der Waals surface area (Å²) < 4.78 is 7.34. The van der Waals surface area contributed by atoms with Gasteiger partial charge in [-0.25, -0.2) is 14.6 Å². The summed E-state index contributed by atoms with van der Waals surface area (Å²) in [6.45, 7) is 1.96. The van der Waals surface area contributed by atoms with Crippen LogP contribution in [-0.2, 0) is 0 Å². The second-order valence-corrected chi connectivity index (χ2v) is 8.71. The Morgan fingerprint density at radius 2 is 1.85 bits per heavy atom. The standard InChI is InChI=1S/C26H28N6O2/c1-16(30-26(33)20-9-5-6-10-21(20)34-2)17-11-13-18(14-12-17)23-22-24(27)28-15-29-25(22)32(31-23)19-7-3-4-8-19/h5-6,9-16,19H,3-4,7-8H2,1-2H3,(H,30,33)(H2,27,28,29). The van der Waals surface area contributed by atoms with Gasteiger partial charge in [0.2, 0.25) is 0 Å². The van der Waals surface area contributed by atoms with Crippen molar-refractivity contribution in [2.45, 2.75) is 44.7 Å². The highest BCUT2D eigenvalue weighted by molar-refractivity contribution is 5.98. The Bertz CT molecular complexity index is 1330. The molecule has 0 saturated heterocycles. The number of nitrogens with one attached hydrogen (secondary N) is 1. The van der Waals surface area contributed by atoms with Gasteiger partial charge in [0.25, 0.3) is 5.91 Å². The lowest BCUT2D eigenvalue weighted by atomic mass is 10.0. The van der Waals surface area contributed by atoms with Crippen molar-refractivity contribution in [2.24, 2.45) is 0 Å². The number of nitrogens with two attached hydrogens (primary N) is 1. The molecule has 2 heterocycles. The van der Waals surface area contributed by atoms with Gasteiger partial charge in [-0.2, -0.15) is 5.10 Å². The van der Waals surface area contributed by atoms with Gasteiger partial charge in [-0.15, -0.1) is 0 Å². The largest absolute Gasteiger partial charge is 0.496 e. The molecule has 0 bridgehead atoms. The predicted molar refractivity (Wildman–Crippen MR) is 132 cm³/mol. The molecule has 34 heavy (non-hydrogen) atoms. The van der Waals surface area contributed by atoms with Gasteiger partial charge in [0.1, 0.15) is 23.6 Å². The Labute approximate surface area is 198 Å². The van der Waals surface area contributed by atoms with Crippen molar-refractivity contribution >= 4 is 22.8 Å². The van der Waals surface area contributed by atoms with E-state index < -0.39 is 0 Å². The molecule has 174 valence electrons. The van der Waals surface area contributed by atoms with Gasteiger partial charge in [-0.1, -0.05) is 49.2 Å². The van der Waals surface area contributed by atoms with Gasteiger partial charge < -0.3 is 15.8 Å². The van der Waals surface area contributed by atoms with Gasteiger partial charge in [0.15, 0.2) is 5.65 Å². The van der Waals surface area contributed by atoms with E-state index in [0.717, 1.165) is 40.7 Å². The molecule has 8 nitrogen and oxygen atoms in total. The molecule has 2 aromatic carbocycles. The molecule has 4 aromatic rings. The topological polar surface area (TPSA) is 108 Å². The van der Waals surface area contributed by atoms with E-state index in [4.69, 9.17) is 15.6 Å². The van der Waals surface area contributed by atoms with Crippen LogP contribution >= 0.6 is 0 Å². The van der Waals surface area contributed by atoms with Crippen LogP contribution in [0.5, 0.6) is 5.75 Å². The average Bonchev–Trinajstić information content (AvgIpc) is 3.53. The molecule has 1 unspecified atom stereocenters. The molecule has 3 N–H and O–H groups in total. The lowest BCUT2D eigenvalue weighted by molar-refractivity contribution is 0.0937. The lowest BCUT2D eigenvalue weighted by Gasteiger charge is -2.16. The number of anilines is 1. The summed E-state index contributed by atoms with van der Waals surface area (Å²) in [5.41, 5.74) is 10.3. The summed E-state index contributed by atoms with van der Waals surface area (Å²) in [6, 6.07) is 15.4. The SMILES string of the molecule is COc1ccccc1C(=O)NC(C)c1ccc(-c2nn(C3CCCC3)c3ncnc(N)c23)cc1. The Hall–Kier alpha value is -3.94. The summed E-state index contributed by atoms with van der Waals surface area (Å²) in [4.78, 5) is 21.5. The number of aromatic nitrogens is 4. The monoisotopic (exact) mass is 456 g/mol. The number of hydrogen-bond donors (Lipinski definition) is 2. The minimum atomic E-state index is -0.187. The fraction of sp³-hybridized carbons (Fsp3) is 0.308. The number of nitrogen functional groups attached to an aromatic ring is 1. The smallest absolute Gasteiger partial charge is 0.255 e. The summed E-state index contributed by atoms with van der Waals surface area (Å²) in [7, 11) is 1.56. The van der Waals surface area contributed by atoms with Crippen molar-refractivity contribution in [1.29, 1.82) is 0 Å². The molecule has 2 aromatic heterocycles. The third kappa shape index (κ3) is 3.96. The second-order valence-electron chi connectivity index (χ2n) is 8.71. The maximum absolute atomic E-state index is 12.8. The Balaban J connectivity index is 1.42. The lowest BCUT2D eigenvalue weighted by Crippen LogP contribution is -2.27. The summed E-state index contributed by atoms with van der Waals surface area (Å²) in [5, 5.41) is 8.77. The molecule has 5 rings (SSSR count). The molecule has 0 radical (unpaired) electrons. The van der Waals surface area contributed by atoms with Crippen LogP contribution in [0.2, 0.25) is 0 Å². The van der Waals surface area contributed by atoms with Crippen LogP contribution in [0, 0.1) is 0 Å². The van der Waals surface area contributed by atoms with Crippen molar-refractivity contribution in [3.63, 3.8) is 0 Å². The number of para-hydroxylation sites is 1. The van der Waals surface area contributed by atoms with Crippen LogP contribution in [0.1, 0.15) is 60.6 Å². The average molecular weight is 457 g/mol. The number of ether oxygens (including phenoxy) is 1. The van der Waals surface area contributed by atoms with Crippen molar-refractivity contribution in [1.82, 2.24) is 25.1 Å². The maximum atomic E-state index is 12.8. The number of amides is 1. The van der Waals surface area contributed by atoms with E-state index in [1.54, 1.807) is 19.2 Å². The molecular formula is C26H28N6O2. The molecule has 0 aliphatic heterocycles. The summed E-state index contributed by atoms with van der Waals surface area (Å²) in [5.74, 6) is 0.804. The number of fused-ring (bicyclic) bond motifs is 1. The predicted octanol–water partition coefficient (Wildman–Crippen LogP) is 4.69. The first kappa shape index (κ1) is 21.9. The van der Waals surface area contributed by atoms with Crippen molar-refractivity contribution in [3.05, 3.63) is 66.0 Å². The van der Waals surface area contributed by atoms with Crippen molar-refractivity contribution in [2.75, 3.05) is 12.8 Å². The van der Waals surface area contributed by atoms with E-state index in [0.29, 0.717) is 23.2 Å². The van der Waals surface area contributed by atoms with Gasteiger partial charge >= 0.3 is 0 Å². The van der Waals surface area contributed by atoms with Crippen LogP contribution in [0.3, 0.4) is 0 Å². The summed E-state index contributed by atoms with van der Waals surface area (Å²) in [6.07, 6.45) is 6.11. The molecule has 1 saturated carbocycles.